The summed E-state index contributed by atoms with van der Waals surface area (Å²) in [6.45, 7) is 16.0. The predicted octanol–water partition coefficient (Wildman–Crippen LogP) is 3.61. The van der Waals surface area contributed by atoms with Gasteiger partial charge in [-0.1, -0.05) is 83.5 Å². The lowest BCUT2D eigenvalue weighted by molar-refractivity contribution is 0.596. The van der Waals surface area contributed by atoms with E-state index in [1.165, 1.54) is 0 Å². The molecule has 0 heterocycles. The molecular formula is C20H22OSi2. The minimum atomic E-state index is -2.61. The topological polar surface area (TPSA) is 9.23 Å². The summed E-state index contributed by atoms with van der Waals surface area (Å²) in [7, 11) is -5.07. The minimum Gasteiger partial charge on any atom is -0.437 e. The van der Waals surface area contributed by atoms with Gasteiger partial charge in [0.2, 0.25) is 0 Å². The standard InChI is InChI=1S/C20H22OSi2/c1-5-22(6-2,7-3)21-23(8-4,19-15-11-9-12-16-19)20-17-13-10-14-18-20/h5-18H,1-4H2. The molecule has 0 saturated carbocycles. The number of hydrogen-bond acceptors (Lipinski definition) is 1. The summed E-state index contributed by atoms with van der Waals surface area (Å²) >= 11 is 0. The SMILES string of the molecule is C=C[Si](C=C)(C=C)O[Si](C=C)(c1ccccc1)c1ccccc1. The van der Waals surface area contributed by atoms with E-state index in [1.54, 1.807) is 0 Å². The van der Waals surface area contributed by atoms with Crippen LogP contribution in [0.1, 0.15) is 0 Å². The fraction of sp³-hybridized carbons (Fsp3) is 0. The minimum absolute atomic E-state index is 1.16. The zero-order valence-corrected chi connectivity index (χ0v) is 15.3. The second-order valence-electron chi connectivity index (χ2n) is 5.24. The van der Waals surface area contributed by atoms with E-state index in [0.29, 0.717) is 0 Å². The molecule has 1 nitrogen and oxygen atoms in total. The van der Waals surface area contributed by atoms with E-state index in [4.69, 9.17) is 4.12 Å². The second-order valence-corrected chi connectivity index (χ2v) is 12.0. The Morgan fingerprint density at radius 1 is 0.609 bits per heavy atom. The van der Waals surface area contributed by atoms with Crippen molar-refractivity contribution in [3.8, 4) is 0 Å². The molecule has 3 heteroatoms. The van der Waals surface area contributed by atoms with Crippen molar-refractivity contribution < 1.29 is 4.12 Å². The van der Waals surface area contributed by atoms with Gasteiger partial charge >= 0.3 is 0 Å². The Kier molecular flexibility index (Phi) is 5.50. The van der Waals surface area contributed by atoms with Gasteiger partial charge in [-0.3, -0.25) is 0 Å². The summed E-state index contributed by atoms with van der Waals surface area (Å²) in [6.07, 6.45) is 0. The van der Waals surface area contributed by atoms with Crippen LogP contribution in [0.25, 0.3) is 0 Å². The van der Waals surface area contributed by atoms with Gasteiger partial charge in [-0.05, 0) is 10.4 Å². The molecule has 2 rings (SSSR count). The molecule has 2 aromatic rings. The van der Waals surface area contributed by atoms with Crippen molar-refractivity contribution in [2.24, 2.45) is 0 Å². The van der Waals surface area contributed by atoms with Crippen LogP contribution in [0.5, 0.6) is 0 Å². The van der Waals surface area contributed by atoms with Gasteiger partial charge in [0.05, 0.1) is 0 Å². The fourth-order valence-corrected chi connectivity index (χ4v) is 9.77. The van der Waals surface area contributed by atoms with Crippen LogP contribution in [-0.4, -0.2) is 16.6 Å². The third-order valence-corrected chi connectivity index (χ3v) is 11.6. The monoisotopic (exact) mass is 334 g/mol. The van der Waals surface area contributed by atoms with Crippen molar-refractivity contribution in [1.29, 1.82) is 0 Å². The highest BCUT2D eigenvalue weighted by Crippen LogP contribution is 2.19. The second kappa shape index (κ2) is 7.37. The first-order chi connectivity index (χ1) is 11.2. The molecule has 0 aliphatic heterocycles. The Hall–Kier alpha value is -2.21. The average molecular weight is 335 g/mol. The number of benzene rings is 2. The molecule has 0 unspecified atom stereocenters. The summed E-state index contributed by atoms with van der Waals surface area (Å²) in [6, 6.07) is 20.6. The van der Waals surface area contributed by atoms with Crippen molar-refractivity contribution >= 4 is 27.0 Å². The van der Waals surface area contributed by atoms with Crippen LogP contribution >= 0.6 is 0 Å². The average Bonchev–Trinajstić information content (AvgIpc) is 2.65. The third kappa shape index (κ3) is 3.27. The molecular weight excluding hydrogens is 312 g/mol. The van der Waals surface area contributed by atoms with Gasteiger partial charge in [0.15, 0.2) is 0 Å². The Morgan fingerprint density at radius 2 is 1.00 bits per heavy atom. The fourth-order valence-electron chi connectivity index (χ4n) is 2.59. The molecule has 0 aromatic heterocycles. The molecule has 0 radical (unpaired) electrons. The quantitative estimate of drug-likeness (QED) is 0.670. The van der Waals surface area contributed by atoms with Crippen LogP contribution in [0.4, 0.5) is 0 Å². The molecule has 0 bridgehead atoms. The highest BCUT2D eigenvalue weighted by atomic mass is 28.4. The van der Waals surface area contributed by atoms with Gasteiger partial charge in [-0.2, -0.15) is 0 Å². The highest BCUT2D eigenvalue weighted by Gasteiger charge is 2.42. The van der Waals surface area contributed by atoms with Crippen LogP contribution in [0.2, 0.25) is 0 Å². The lowest BCUT2D eigenvalue weighted by Gasteiger charge is -2.36. The summed E-state index contributed by atoms with van der Waals surface area (Å²) in [5, 5.41) is 2.31. The van der Waals surface area contributed by atoms with E-state index in [9.17, 15) is 0 Å². The number of rotatable bonds is 8. The van der Waals surface area contributed by atoms with Crippen molar-refractivity contribution in [2.75, 3.05) is 0 Å². The van der Waals surface area contributed by atoms with E-state index >= 15 is 0 Å². The predicted molar refractivity (Wildman–Crippen MR) is 106 cm³/mol. The normalized spacial score (nSPS) is 11.5. The Morgan fingerprint density at radius 3 is 1.30 bits per heavy atom. The molecule has 0 saturated heterocycles. The van der Waals surface area contributed by atoms with Gasteiger partial charge in [-0.25, -0.2) is 0 Å². The van der Waals surface area contributed by atoms with Gasteiger partial charge < -0.3 is 4.12 Å². The van der Waals surface area contributed by atoms with Crippen molar-refractivity contribution in [1.82, 2.24) is 0 Å². The maximum absolute atomic E-state index is 6.80. The van der Waals surface area contributed by atoms with Crippen molar-refractivity contribution in [3.63, 3.8) is 0 Å². The van der Waals surface area contributed by atoms with Crippen molar-refractivity contribution in [2.45, 2.75) is 0 Å². The molecule has 23 heavy (non-hydrogen) atoms. The first-order valence-corrected chi connectivity index (χ1v) is 11.6. The van der Waals surface area contributed by atoms with Crippen LogP contribution in [0, 0.1) is 0 Å². The molecule has 0 spiro atoms. The third-order valence-electron chi connectivity index (χ3n) is 3.99. The smallest absolute Gasteiger partial charge is 0.270 e. The summed E-state index contributed by atoms with van der Waals surface area (Å²) in [5.41, 5.74) is 7.58. The Bertz CT molecular complexity index is 631. The zero-order chi connectivity index (χ0) is 16.8. The first kappa shape index (κ1) is 17.2. The molecule has 0 aliphatic carbocycles. The van der Waals surface area contributed by atoms with Crippen LogP contribution in [0.15, 0.2) is 110 Å². The molecule has 0 N–H and O–H groups in total. The van der Waals surface area contributed by atoms with Crippen LogP contribution < -0.4 is 10.4 Å². The van der Waals surface area contributed by atoms with E-state index < -0.39 is 16.6 Å². The van der Waals surface area contributed by atoms with Gasteiger partial charge in [0, 0.05) is 0 Å². The van der Waals surface area contributed by atoms with E-state index in [1.807, 2.05) is 59.2 Å². The maximum Gasteiger partial charge on any atom is 0.270 e. The van der Waals surface area contributed by atoms with Crippen LogP contribution in [0.3, 0.4) is 0 Å². The van der Waals surface area contributed by atoms with Gasteiger partial charge in [0.25, 0.3) is 16.6 Å². The largest absolute Gasteiger partial charge is 0.437 e. The summed E-state index contributed by atoms with van der Waals surface area (Å²) in [4.78, 5) is 0. The van der Waals surface area contributed by atoms with E-state index in [0.717, 1.165) is 10.4 Å². The molecule has 0 atom stereocenters. The van der Waals surface area contributed by atoms with Gasteiger partial charge in [0.1, 0.15) is 0 Å². The Labute approximate surface area is 141 Å². The molecule has 0 amide bonds. The zero-order valence-electron chi connectivity index (χ0n) is 13.3. The highest BCUT2D eigenvalue weighted by molar-refractivity contribution is 7.08. The molecule has 0 fully saturated rings. The summed E-state index contributed by atoms with van der Waals surface area (Å²) < 4.78 is 6.80. The van der Waals surface area contributed by atoms with Gasteiger partial charge in [-0.15, -0.1) is 26.3 Å². The first-order valence-electron chi connectivity index (χ1n) is 7.52. The lowest BCUT2D eigenvalue weighted by Crippen LogP contribution is -2.64. The summed E-state index contributed by atoms with van der Waals surface area (Å²) in [5.74, 6) is 0. The molecule has 2 aromatic carbocycles. The maximum atomic E-state index is 6.80. The number of hydrogen-bond donors (Lipinski definition) is 0. The molecule has 116 valence electrons. The van der Waals surface area contributed by atoms with Crippen molar-refractivity contribution in [3.05, 3.63) is 110 Å². The molecule has 0 aliphatic rings. The van der Waals surface area contributed by atoms with E-state index in [-0.39, 0.29) is 0 Å². The lowest BCUT2D eigenvalue weighted by atomic mass is 10.4. The Balaban J connectivity index is 2.69. The van der Waals surface area contributed by atoms with E-state index in [2.05, 4.69) is 50.6 Å². The van der Waals surface area contributed by atoms with Crippen LogP contribution in [-0.2, 0) is 4.12 Å².